The predicted octanol–water partition coefficient (Wildman–Crippen LogP) is 0.743. The molecule has 0 radical (unpaired) electrons. The molecule has 0 saturated carbocycles. The lowest BCUT2D eigenvalue weighted by Crippen LogP contribution is -2.51. The van der Waals surface area contributed by atoms with Gasteiger partial charge in [-0.25, -0.2) is 8.42 Å². The first kappa shape index (κ1) is 23.6. The molecule has 0 spiro atoms. The summed E-state index contributed by atoms with van der Waals surface area (Å²) in [6, 6.07) is 8.38. The van der Waals surface area contributed by atoms with E-state index in [0.29, 0.717) is 11.5 Å². The first-order valence-electron chi connectivity index (χ1n) is 10.1. The summed E-state index contributed by atoms with van der Waals surface area (Å²) in [6.07, 6.45) is 1.52. The third-order valence-corrected chi connectivity index (χ3v) is 7.02. The molecule has 3 rings (SSSR count). The maximum Gasteiger partial charge on any atom is 0.289 e. The number of furan rings is 1. The summed E-state index contributed by atoms with van der Waals surface area (Å²) in [7, 11) is -0.511. The first-order valence-corrected chi connectivity index (χ1v) is 11.7. The molecule has 1 aromatic heterocycles. The van der Waals surface area contributed by atoms with Crippen molar-refractivity contribution in [3.05, 3.63) is 47.9 Å². The van der Waals surface area contributed by atoms with Gasteiger partial charge in [0.05, 0.1) is 32.7 Å². The predicted molar refractivity (Wildman–Crippen MR) is 116 cm³/mol. The number of hydrogen-bond donors (Lipinski definition) is 1. The normalized spacial score (nSPS) is 14.8. The number of nitrogens with zero attached hydrogens (tertiary/aromatic N) is 2. The molecule has 2 aromatic rings. The van der Waals surface area contributed by atoms with E-state index < -0.39 is 10.0 Å². The molecule has 1 aliphatic heterocycles. The molecule has 1 aliphatic rings. The first-order chi connectivity index (χ1) is 15.3. The zero-order chi connectivity index (χ0) is 23.1. The Labute approximate surface area is 187 Å². The molecule has 0 aliphatic carbocycles. The third kappa shape index (κ3) is 5.80. The molecule has 1 fully saturated rings. The van der Waals surface area contributed by atoms with Gasteiger partial charge in [-0.05, 0) is 29.8 Å². The van der Waals surface area contributed by atoms with Crippen molar-refractivity contribution in [3.63, 3.8) is 0 Å². The number of benzene rings is 1. The van der Waals surface area contributed by atoms with E-state index in [0.717, 1.165) is 5.56 Å². The van der Waals surface area contributed by atoms with Crippen LogP contribution in [0.5, 0.6) is 11.5 Å². The van der Waals surface area contributed by atoms with Crippen LogP contribution in [0, 0.1) is 0 Å². The Hall–Kier alpha value is -3.05. The van der Waals surface area contributed by atoms with Crippen molar-refractivity contribution in [1.82, 2.24) is 14.5 Å². The number of rotatable bonds is 9. The van der Waals surface area contributed by atoms with Gasteiger partial charge in [-0.3, -0.25) is 9.59 Å². The summed E-state index contributed by atoms with van der Waals surface area (Å²) in [5, 5.41) is 2.64. The molecule has 0 unspecified atom stereocenters. The minimum Gasteiger partial charge on any atom is -0.493 e. The number of amides is 2. The van der Waals surface area contributed by atoms with Gasteiger partial charge < -0.3 is 24.1 Å². The highest BCUT2D eigenvalue weighted by Gasteiger charge is 2.29. The molecular weight excluding hydrogens is 438 g/mol. The van der Waals surface area contributed by atoms with Gasteiger partial charge in [0.25, 0.3) is 5.91 Å². The maximum absolute atomic E-state index is 12.6. The Morgan fingerprint density at radius 2 is 1.78 bits per heavy atom. The average molecular weight is 466 g/mol. The SMILES string of the molecule is COc1ccc(CC(=O)NCCS(=O)(=O)N2CCN(C(=O)c3ccco3)CC2)cc1OC. The molecule has 1 saturated heterocycles. The van der Waals surface area contributed by atoms with Gasteiger partial charge in [0.2, 0.25) is 15.9 Å². The summed E-state index contributed by atoms with van der Waals surface area (Å²) < 4.78 is 42.1. The van der Waals surface area contributed by atoms with Crippen LogP contribution >= 0.6 is 0 Å². The molecule has 0 atom stereocenters. The summed E-state index contributed by atoms with van der Waals surface area (Å²) in [5.41, 5.74) is 0.723. The van der Waals surface area contributed by atoms with E-state index in [1.165, 1.54) is 24.8 Å². The van der Waals surface area contributed by atoms with Gasteiger partial charge in [0, 0.05) is 32.7 Å². The quantitative estimate of drug-likeness (QED) is 0.580. The largest absolute Gasteiger partial charge is 0.493 e. The fraction of sp³-hybridized carbons (Fsp3) is 0.429. The second-order valence-corrected chi connectivity index (χ2v) is 9.29. The van der Waals surface area contributed by atoms with Crippen molar-refractivity contribution in [3.8, 4) is 11.5 Å². The monoisotopic (exact) mass is 465 g/mol. The van der Waals surface area contributed by atoms with Gasteiger partial charge in [-0.2, -0.15) is 4.31 Å². The van der Waals surface area contributed by atoms with E-state index in [4.69, 9.17) is 13.9 Å². The standard InChI is InChI=1S/C21H27N3O7S/c1-29-17-6-5-16(14-19(17)30-2)15-20(25)22-7-13-32(27,28)24-10-8-23(9-11-24)21(26)18-4-3-12-31-18/h3-6,12,14H,7-11,13,15H2,1-2H3,(H,22,25). The van der Waals surface area contributed by atoms with Crippen LogP contribution in [-0.4, -0.2) is 82.1 Å². The molecule has 0 bridgehead atoms. The van der Waals surface area contributed by atoms with Crippen LogP contribution in [0.25, 0.3) is 0 Å². The van der Waals surface area contributed by atoms with E-state index in [-0.39, 0.29) is 62.5 Å². The van der Waals surface area contributed by atoms with Crippen LogP contribution in [0.15, 0.2) is 41.0 Å². The summed E-state index contributed by atoms with van der Waals surface area (Å²) in [6.45, 7) is 0.970. The minimum atomic E-state index is -3.55. The van der Waals surface area contributed by atoms with Gasteiger partial charge >= 0.3 is 0 Å². The van der Waals surface area contributed by atoms with Crippen molar-refractivity contribution in [2.75, 3.05) is 52.7 Å². The molecule has 32 heavy (non-hydrogen) atoms. The van der Waals surface area contributed by atoms with Crippen molar-refractivity contribution in [2.24, 2.45) is 0 Å². The van der Waals surface area contributed by atoms with Gasteiger partial charge in [-0.15, -0.1) is 0 Å². The number of carbonyl (C=O) groups is 2. The van der Waals surface area contributed by atoms with Crippen molar-refractivity contribution in [1.29, 1.82) is 0 Å². The van der Waals surface area contributed by atoms with E-state index >= 15 is 0 Å². The highest BCUT2D eigenvalue weighted by molar-refractivity contribution is 7.89. The van der Waals surface area contributed by atoms with Gasteiger partial charge in [-0.1, -0.05) is 6.07 Å². The molecule has 1 aromatic carbocycles. The zero-order valence-corrected chi connectivity index (χ0v) is 18.9. The van der Waals surface area contributed by atoms with Crippen molar-refractivity contribution >= 4 is 21.8 Å². The van der Waals surface area contributed by atoms with Crippen molar-refractivity contribution < 1.29 is 31.9 Å². The summed E-state index contributed by atoms with van der Waals surface area (Å²) >= 11 is 0. The van der Waals surface area contributed by atoms with Gasteiger partial charge in [0.1, 0.15) is 0 Å². The number of ether oxygens (including phenoxy) is 2. The molecule has 174 valence electrons. The number of sulfonamides is 1. The Balaban J connectivity index is 1.44. The lowest BCUT2D eigenvalue weighted by molar-refractivity contribution is -0.120. The number of methoxy groups -OCH3 is 2. The van der Waals surface area contributed by atoms with E-state index in [1.54, 1.807) is 35.2 Å². The van der Waals surface area contributed by atoms with Crippen LogP contribution in [0.1, 0.15) is 16.1 Å². The highest BCUT2D eigenvalue weighted by Crippen LogP contribution is 2.27. The average Bonchev–Trinajstić information content (AvgIpc) is 3.33. The fourth-order valence-electron chi connectivity index (χ4n) is 3.41. The topological polar surface area (TPSA) is 118 Å². The molecule has 10 nitrogen and oxygen atoms in total. The molecule has 2 heterocycles. The van der Waals surface area contributed by atoms with Crippen LogP contribution in [0.4, 0.5) is 0 Å². The Morgan fingerprint density at radius 1 is 1.06 bits per heavy atom. The fourth-order valence-corrected chi connectivity index (χ4v) is 4.75. The van der Waals surface area contributed by atoms with Crippen LogP contribution in [-0.2, 0) is 21.2 Å². The van der Waals surface area contributed by atoms with Gasteiger partial charge in [0.15, 0.2) is 17.3 Å². The Bertz CT molecular complexity index is 1030. The molecule has 11 heteroatoms. The van der Waals surface area contributed by atoms with E-state index in [2.05, 4.69) is 5.32 Å². The van der Waals surface area contributed by atoms with Crippen LogP contribution in [0.2, 0.25) is 0 Å². The summed E-state index contributed by atoms with van der Waals surface area (Å²) in [4.78, 5) is 26.1. The van der Waals surface area contributed by atoms with Crippen LogP contribution < -0.4 is 14.8 Å². The second kappa shape index (κ2) is 10.5. The Kier molecular flexibility index (Phi) is 7.75. The highest BCUT2D eigenvalue weighted by atomic mass is 32.2. The lowest BCUT2D eigenvalue weighted by atomic mass is 10.1. The van der Waals surface area contributed by atoms with E-state index in [1.807, 2.05) is 0 Å². The van der Waals surface area contributed by atoms with Crippen molar-refractivity contribution in [2.45, 2.75) is 6.42 Å². The second-order valence-electron chi connectivity index (χ2n) is 7.20. The molecule has 2 amide bonds. The smallest absolute Gasteiger partial charge is 0.289 e. The molecular formula is C21H27N3O7S. The minimum absolute atomic E-state index is 0.00000351. The number of nitrogens with one attached hydrogen (secondary N) is 1. The number of carbonyl (C=O) groups excluding carboxylic acids is 2. The van der Waals surface area contributed by atoms with Crippen LogP contribution in [0.3, 0.4) is 0 Å². The number of hydrogen-bond acceptors (Lipinski definition) is 7. The molecule has 1 N–H and O–H groups in total. The Morgan fingerprint density at radius 3 is 2.41 bits per heavy atom. The number of piperazine rings is 1. The third-order valence-electron chi connectivity index (χ3n) is 5.15. The van der Waals surface area contributed by atoms with E-state index in [9.17, 15) is 18.0 Å². The lowest BCUT2D eigenvalue weighted by Gasteiger charge is -2.33. The summed E-state index contributed by atoms with van der Waals surface area (Å²) in [5.74, 6) is 0.560. The zero-order valence-electron chi connectivity index (χ0n) is 18.1. The maximum atomic E-state index is 12.6.